The number of amides is 2. The molecule has 1 aromatic carbocycles. The number of rotatable bonds is 5. The predicted octanol–water partition coefficient (Wildman–Crippen LogP) is 2.29. The highest BCUT2D eigenvalue weighted by atomic mass is 32.2. The van der Waals surface area contributed by atoms with Crippen molar-refractivity contribution < 1.29 is 22.4 Å². The Hall–Kier alpha value is -2.30. The number of sulfonamides is 1. The maximum Gasteiger partial charge on any atom is 0.254 e. The smallest absolute Gasteiger partial charge is 0.254 e. The van der Waals surface area contributed by atoms with Gasteiger partial charge in [-0.3, -0.25) is 9.59 Å². The van der Waals surface area contributed by atoms with Gasteiger partial charge in [-0.05, 0) is 48.6 Å². The minimum absolute atomic E-state index is 0.0330. The van der Waals surface area contributed by atoms with Crippen molar-refractivity contribution >= 4 is 38.2 Å². The zero-order valence-electron chi connectivity index (χ0n) is 15.1. The van der Waals surface area contributed by atoms with E-state index in [0.29, 0.717) is 23.4 Å². The molecule has 1 aliphatic heterocycles. The van der Waals surface area contributed by atoms with Crippen molar-refractivity contribution in [1.82, 2.24) is 9.62 Å². The molecule has 150 valence electrons. The van der Waals surface area contributed by atoms with E-state index in [4.69, 9.17) is 0 Å². The molecule has 1 aliphatic rings. The quantitative estimate of drug-likeness (QED) is 0.768. The van der Waals surface area contributed by atoms with E-state index in [9.17, 15) is 22.4 Å². The van der Waals surface area contributed by atoms with E-state index in [1.165, 1.54) is 34.8 Å². The maximum absolute atomic E-state index is 13.0. The van der Waals surface area contributed by atoms with Crippen LogP contribution in [0.4, 0.5) is 9.39 Å². The van der Waals surface area contributed by atoms with E-state index in [0.717, 1.165) is 12.1 Å². The van der Waals surface area contributed by atoms with Crippen molar-refractivity contribution in [3.8, 4) is 0 Å². The molecule has 0 atom stereocenters. The number of benzene rings is 1. The van der Waals surface area contributed by atoms with Crippen LogP contribution in [0.1, 0.15) is 23.2 Å². The average Bonchev–Trinajstić information content (AvgIpc) is 3.16. The molecule has 7 nitrogen and oxygen atoms in total. The first-order valence-electron chi connectivity index (χ1n) is 8.69. The summed E-state index contributed by atoms with van der Waals surface area (Å²) < 4.78 is 39.6. The third kappa shape index (κ3) is 4.23. The van der Waals surface area contributed by atoms with Gasteiger partial charge in [0.1, 0.15) is 10.8 Å². The van der Waals surface area contributed by atoms with Crippen LogP contribution in [0.15, 0.2) is 40.6 Å². The number of nitrogens with zero attached hydrogens (tertiary/aromatic N) is 1. The predicted molar refractivity (Wildman–Crippen MR) is 104 cm³/mol. The lowest BCUT2D eigenvalue weighted by atomic mass is 9.97. The van der Waals surface area contributed by atoms with Gasteiger partial charge in [0.15, 0.2) is 0 Å². The third-order valence-electron chi connectivity index (χ3n) is 4.65. The van der Waals surface area contributed by atoms with Gasteiger partial charge in [0, 0.05) is 26.1 Å². The molecule has 2 heterocycles. The molecule has 1 aromatic heterocycles. The molecule has 0 spiro atoms. The number of piperidine rings is 1. The van der Waals surface area contributed by atoms with Gasteiger partial charge in [0.2, 0.25) is 15.9 Å². The van der Waals surface area contributed by atoms with Crippen LogP contribution in [-0.4, -0.2) is 44.7 Å². The first-order chi connectivity index (χ1) is 13.3. The topological polar surface area (TPSA) is 95.6 Å². The third-order valence-corrected chi connectivity index (χ3v) is 7.39. The highest BCUT2D eigenvalue weighted by Gasteiger charge is 2.32. The van der Waals surface area contributed by atoms with Gasteiger partial charge in [-0.25, -0.2) is 12.8 Å². The lowest BCUT2D eigenvalue weighted by Gasteiger charge is -2.30. The summed E-state index contributed by atoms with van der Waals surface area (Å²) in [4.78, 5) is 24.4. The second-order valence-corrected chi connectivity index (χ2v) is 9.22. The van der Waals surface area contributed by atoms with Crippen LogP contribution in [0, 0.1) is 11.7 Å². The van der Waals surface area contributed by atoms with E-state index in [-0.39, 0.29) is 35.7 Å². The Kier molecular flexibility index (Phi) is 6.11. The van der Waals surface area contributed by atoms with Crippen LogP contribution in [0.25, 0.3) is 0 Å². The summed E-state index contributed by atoms with van der Waals surface area (Å²) in [6.45, 7) is 0.398. The number of nitrogens with one attached hydrogen (secondary N) is 2. The van der Waals surface area contributed by atoms with Gasteiger partial charge < -0.3 is 10.6 Å². The molecule has 3 rings (SSSR count). The summed E-state index contributed by atoms with van der Waals surface area (Å²) in [5.41, 5.74) is 0.400. The van der Waals surface area contributed by atoms with Crippen LogP contribution in [0.5, 0.6) is 0 Å². The Morgan fingerprint density at radius 3 is 2.39 bits per heavy atom. The molecule has 0 aliphatic carbocycles. The van der Waals surface area contributed by atoms with Crippen molar-refractivity contribution in [2.45, 2.75) is 17.7 Å². The Labute approximate surface area is 166 Å². The van der Waals surface area contributed by atoms with Gasteiger partial charge in [0.25, 0.3) is 5.91 Å². The van der Waals surface area contributed by atoms with Crippen LogP contribution in [0.3, 0.4) is 0 Å². The summed E-state index contributed by atoms with van der Waals surface area (Å²) in [5, 5.41) is 7.50. The lowest BCUT2D eigenvalue weighted by Crippen LogP contribution is -2.41. The van der Waals surface area contributed by atoms with Crippen molar-refractivity contribution in [2.24, 2.45) is 5.92 Å². The Bertz CT molecular complexity index is 965. The summed E-state index contributed by atoms with van der Waals surface area (Å²) in [6, 6.07) is 6.33. The first-order valence-corrected chi connectivity index (χ1v) is 11.0. The fraction of sp³-hybridized carbons (Fsp3) is 0.333. The minimum Gasteiger partial charge on any atom is -0.355 e. The standard InChI is InChI=1S/C18H20FN3O4S2/c1-20-17(24)15-8-11-27-18(15)21-16(23)12-6-9-22(10-7-12)28(25,26)14-4-2-13(19)3-5-14/h2-5,8,11-12H,6-7,9-10H2,1H3,(H,20,24)(H,21,23). The fourth-order valence-electron chi connectivity index (χ4n) is 3.05. The number of anilines is 1. The summed E-state index contributed by atoms with van der Waals surface area (Å²) in [5.74, 6) is -1.36. The van der Waals surface area contributed by atoms with Gasteiger partial charge in [-0.1, -0.05) is 0 Å². The summed E-state index contributed by atoms with van der Waals surface area (Å²) in [6.07, 6.45) is 0.736. The normalized spacial score (nSPS) is 15.9. The van der Waals surface area contributed by atoms with Gasteiger partial charge in [-0.15, -0.1) is 11.3 Å². The zero-order valence-corrected chi connectivity index (χ0v) is 16.8. The molecule has 0 radical (unpaired) electrons. The average molecular weight is 426 g/mol. The van der Waals surface area contributed by atoms with Gasteiger partial charge >= 0.3 is 0 Å². The van der Waals surface area contributed by atoms with Gasteiger partial charge in [0.05, 0.1) is 10.5 Å². The van der Waals surface area contributed by atoms with Crippen LogP contribution in [-0.2, 0) is 14.8 Å². The molecular formula is C18H20FN3O4S2. The largest absolute Gasteiger partial charge is 0.355 e. The summed E-state index contributed by atoms with van der Waals surface area (Å²) in [7, 11) is -2.20. The van der Waals surface area contributed by atoms with E-state index in [1.54, 1.807) is 11.4 Å². The first kappa shape index (κ1) is 20.4. The number of carbonyl (C=O) groups excluding carboxylic acids is 2. The number of thiophene rings is 1. The molecule has 0 saturated carbocycles. The Morgan fingerprint density at radius 1 is 1.14 bits per heavy atom. The molecule has 0 bridgehead atoms. The Balaban J connectivity index is 1.62. The molecule has 2 amide bonds. The minimum atomic E-state index is -3.72. The molecule has 1 fully saturated rings. The molecule has 10 heteroatoms. The number of halogens is 1. The number of hydrogen-bond donors (Lipinski definition) is 2. The van der Waals surface area contributed by atoms with E-state index >= 15 is 0 Å². The highest BCUT2D eigenvalue weighted by Crippen LogP contribution is 2.27. The summed E-state index contributed by atoms with van der Waals surface area (Å²) >= 11 is 1.26. The molecule has 0 unspecified atom stereocenters. The molecular weight excluding hydrogens is 405 g/mol. The van der Waals surface area contributed by atoms with E-state index < -0.39 is 15.8 Å². The second-order valence-electron chi connectivity index (χ2n) is 6.36. The molecule has 2 aromatic rings. The van der Waals surface area contributed by atoms with E-state index in [2.05, 4.69) is 10.6 Å². The van der Waals surface area contributed by atoms with Crippen LogP contribution >= 0.6 is 11.3 Å². The zero-order chi connectivity index (χ0) is 20.3. The molecule has 1 saturated heterocycles. The molecule has 28 heavy (non-hydrogen) atoms. The second kappa shape index (κ2) is 8.38. The van der Waals surface area contributed by atoms with Gasteiger partial charge in [-0.2, -0.15) is 4.31 Å². The van der Waals surface area contributed by atoms with Crippen molar-refractivity contribution in [1.29, 1.82) is 0 Å². The monoisotopic (exact) mass is 425 g/mol. The maximum atomic E-state index is 13.0. The van der Waals surface area contributed by atoms with Crippen molar-refractivity contribution in [3.63, 3.8) is 0 Å². The van der Waals surface area contributed by atoms with E-state index in [1.807, 2.05) is 0 Å². The lowest BCUT2D eigenvalue weighted by molar-refractivity contribution is -0.120. The highest BCUT2D eigenvalue weighted by molar-refractivity contribution is 7.89. The molecule has 2 N–H and O–H groups in total. The Morgan fingerprint density at radius 2 is 1.79 bits per heavy atom. The SMILES string of the molecule is CNC(=O)c1ccsc1NC(=O)C1CCN(S(=O)(=O)c2ccc(F)cc2)CC1. The van der Waals surface area contributed by atoms with Crippen LogP contribution < -0.4 is 10.6 Å². The van der Waals surface area contributed by atoms with Crippen molar-refractivity contribution in [3.05, 3.63) is 47.1 Å². The van der Waals surface area contributed by atoms with Crippen molar-refractivity contribution in [2.75, 3.05) is 25.5 Å². The number of hydrogen-bond acceptors (Lipinski definition) is 5. The van der Waals surface area contributed by atoms with Crippen LogP contribution in [0.2, 0.25) is 0 Å². The number of carbonyl (C=O) groups is 2. The fourth-order valence-corrected chi connectivity index (χ4v) is 5.30.